The largest absolute Gasteiger partial charge is 0.393 e. The predicted molar refractivity (Wildman–Crippen MR) is 120 cm³/mol. The van der Waals surface area contributed by atoms with Crippen molar-refractivity contribution in [3.05, 3.63) is 35.1 Å². The zero-order valence-electron chi connectivity index (χ0n) is 19.3. The molecule has 9 heteroatoms. The van der Waals surface area contributed by atoms with Crippen molar-refractivity contribution in [3.8, 4) is 0 Å². The van der Waals surface area contributed by atoms with Gasteiger partial charge < -0.3 is 21.1 Å². The number of piperidine rings is 1. The van der Waals surface area contributed by atoms with E-state index < -0.39 is 23.5 Å². The van der Waals surface area contributed by atoms with Crippen LogP contribution < -0.4 is 11.1 Å². The lowest BCUT2D eigenvalue weighted by atomic mass is 9.82. The number of aliphatic hydroxyl groups excluding tert-OH is 1. The van der Waals surface area contributed by atoms with Crippen molar-refractivity contribution in [1.29, 1.82) is 0 Å². The Bertz CT molecular complexity index is 893. The second kappa shape index (κ2) is 10.6. The number of benzene rings is 1. The third kappa shape index (κ3) is 5.74. The summed E-state index contributed by atoms with van der Waals surface area (Å²) in [5.74, 6) is -3.21. The Morgan fingerprint density at radius 3 is 2.24 bits per heavy atom. The van der Waals surface area contributed by atoms with Gasteiger partial charge in [-0.1, -0.05) is 0 Å². The van der Waals surface area contributed by atoms with Crippen LogP contribution in [-0.2, 0) is 16.0 Å². The van der Waals surface area contributed by atoms with Crippen molar-refractivity contribution in [3.63, 3.8) is 0 Å². The summed E-state index contributed by atoms with van der Waals surface area (Å²) in [5, 5.41) is 12.6. The first-order chi connectivity index (χ1) is 16.2. The van der Waals surface area contributed by atoms with Crippen molar-refractivity contribution in [1.82, 2.24) is 10.2 Å². The first-order valence-electron chi connectivity index (χ1n) is 12.4. The van der Waals surface area contributed by atoms with E-state index in [-0.39, 0.29) is 66.8 Å². The zero-order valence-corrected chi connectivity index (χ0v) is 19.3. The maximum Gasteiger partial charge on any atom is 0.223 e. The minimum atomic E-state index is -1.22. The number of hydrogen-bond acceptors (Lipinski definition) is 4. The maximum atomic E-state index is 14.0. The fraction of sp³-hybridized carbons (Fsp3) is 0.680. The Labute approximate surface area is 198 Å². The molecule has 3 aliphatic rings. The summed E-state index contributed by atoms with van der Waals surface area (Å²) in [4.78, 5) is 27.1. The molecule has 1 aromatic rings. The average Bonchev–Trinajstić information content (AvgIpc) is 3.06. The Morgan fingerprint density at radius 1 is 0.971 bits per heavy atom. The van der Waals surface area contributed by atoms with E-state index in [1.807, 2.05) is 4.90 Å². The van der Waals surface area contributed by atoms with Crippen molar-refractivity contribution in [2.45, 2.75) is 101 Å². The van der Waals surface area contributed by atoms with E-state index >= 15 is 0 Å². The normalized spacial score (nSPS) is 29.7. The Hall–Kier alpha value is -2.13. The summed E-state index contributed by atoms with van der Waals surface area (Å²) in [7, 11) is 0. The molecule has 3 fully saturated rings. The van der Waals surface area contributed by atoms with Crippen LogP contribution in [0.2, 0.25) is 0 Å². The molecular weight excluding hydrogens is 447 g/mol. The van der Waals surface area contributed by atoms with Crippen molar-refractivity contribution in [2.24, 2.45) is 11.7 Å². The molecule has 0 aromatic heterocycles. The van der Waals surface area contributed by atoms with Crippen molar-refractivity contribution >= 4 is 11.8 Å². The van der Waals surface area contributed by atoms with Crippen LogP contribution in [0.25, 0.3) is 0 Å². The lowest BCUT2D eigenvalue weighted by Crippen LogP contribution is -2.50. The third-order valence-electron chi connectivity index (χ3n) is 7.84. The highest BCUT2D eigenvalue weighted by atomic mass is 19.2. The van der Waals surface area contributed by atoms with Gasteiger partial charge in [0.25, 0.3) is 0 Å². The van der Waals surface area contributed by atoms with E-state index in [1.165, 1.54) is 0 Å². The minimum Gasteiger partial charge on any atom is -0.393 e. The number of halogens is 3. The standard InChI is InChI=1S/C25H34F3N3O3/c26-20-13-22(28)21(27)11-14(20)12-23(29)15-9-17-3-4-18(10-15)31(17)25(34)8-7-24(33)30-16-1-5-19(32)6-2-16/h11,13,15-19,23,32H,1-10,12,29H2,(H,30,33)/t15-,16?,17+,18-,19?,23-/m1/s1. The van der Waals surface area contributed by atoms with Gasteiger partial charge in [0.1, 0.15) is 5.82 Å². The van der Waals surface area contributed by atoms with Gasteiger partial charge in [-0.15, -0.1) is 0 Å². The van der Waals surface area contributed by atoms with Crippen molar-refractivity contribution in [2.75, 3.05) is 0 Å². The van der Waals surface area contributed by atoms with Crippen LogP contribution in [0.4, 0.5) is 13.2 Å². The molecule has 0 spiro atoms. The smallest absolute Gasteiger partial charge is 0.223 e. The molecule has 4 N–H and O–H groups in total. The van der Waals surface area contributed by atoms with Crippen LogP contribution >= 0.6 is 0 Å². The van der Waals surface area contributed by atoms with Gasteiger partial charge in [-0.3, -0.25) is 9.59 Å². The van der Waals surface area contributed by atoms with Crippen LogP contribution in [0.5, 0.6) is 0 Å². The first kappa shape index (κ1) is 25.0. The molecule has 0 radical (unpaired) electrons. The van der Waals surface area contributed by atoms with E-state index in [2.05, 4.69) is 5.32 Å². The minimum absolute atomic E-state index is 0.0274. The summed E-state index contributed by atoms with van der Waals surface area (Å²) in [5.41, 5.74) is 6.42. The summed E-state index contributed by atoms with van der Waals surface area (Å²) in [6, 6.07) is 1.16. The van der Waals surface area contributed by atoms with Gasteiger partial charge in [0.05, 0.1) is 6.10 Å². The number of amides is 2. The molecule has 2 saturated heterocycles. The van der Waals surface area contributed by atoms with Gasteiger partial charge in [0, 0.05) is 43.1 Å². The lowest BCUT2D eigenvalue weighted by Gasteiger charge is -2.41. The molecule has 1 aromatic carbocycles. The van der Waals surface area contributed by atoms with E-state index in [1.54, 1.807) is 0 Å². The molecule has 2 aliphatic heterocycles. The molecule has 4 atom stereocenters. The van der Waals surface area contributed by atoms with Crippen LogP contribution in [0.1, 0.15) is 69.8 Å². The highest BCUT2D eigenvalue weighted by Gasteiger charge is 2.44. The van der Waals surface area contributed by atoms with Crippen LogP contribution in [0.15, 0.2) is 12.1 Å². The molecule has 1 saturated carbocycles. The van der Waals surface area contributed by atoms with Gasteiger partial charge in [-0.05, 0) is 75.3 Å². The van der Waals surface area contributed by atoms with Gasteiger partial charge in [-0.2, -0.15) is 0 Å². The molecule has 188 valence electrons. The number of hydrogen-bond donors (Lipinski definition) is 3. The summed E-state index contributed by atoms with van der Waals surface area (Å²) in [6.45, 7) is 0. The number of aliphatic hydroxyl groups is 1. The number of carbonyl (C=O) groups excluding carboxylic acids is 2. The number of carbonyl (C=O) groups is 2. The predicted octanol–water partition coefficient (Wildman–Crippen LogP) is 2.94. The summed E-state index contributed by atoms with van der Waals surface area (Å²) in [6.07, 6.45) is 6.14. The molecule has 4 rings (SSSR count). The molecule has 1 aliphatic carbocycles. The van der Waals surface area contributed by atoms with Gasteiger partial charge in [0.15, 0.2) is 11.6 Å². The van der Waals surface area contributed by atoms with Gasteiger partial charge in [-0.25, -0.2) is 13.2 Å². The van der Waals surface area contributed by atoms with Gasteiger partial charge >= 0.3 is 0 Å². The molecule has 2 heterocycles. The summed E-state index contributed by atoms with van der Waals surface area (Å²) < 4.78 is 40.8. The van der Waals surface area contributed by atoms with E-state index in [9.17, 15) is 27.9 Å². The highest BCUT2D eigenvalue weighted by molar-refractivity contribution is 5.84. The second-order valence-corrected chi connectivity index (χ2v) is 10.2. The Kier molecular flexibility index (Phi) is 7.82. The SMILES string of the molecule is N[C@H](Cc1cc(F)c(F)cc1F)[C@H]1C[C@H]2CC[C@@H](C1)N2C(=O)CCC(=O)NC1CCC(O)CC1. The van der Waals surface area contributed by atoms with E-state index in [0.717, 1.165) is 31.7 Å². The quantitative estimate of drug-likeness (QED) is 0.522. The number of nitrogens with one attached hydrogen (secondary N) is 1. The monoisotopic (exact) mass is 481 g/mol. The van der Waals surface area contributed by atoms with E-state index in [4.69, 9.17) is 5.73 Å². The van der Waals surface area contributed by atoms with Crippen LogP contribution in [0.3, 0.4) is 0 Å². The van der Waals surface area contributed by atoms with Crippen LogP contribution in [0, 0.1) is 23.4 Å². The third-order valence-corrected chi connectivity index (χ3v) is 7.84. The van der Waals surface area contributed by atoms with E-state index in [0.29, 0.717) is 31.7 Å². The Balaban J connectivity index is 1.26. The number of nitrogens with two attached hydrogens (primary N) is 1. The van der Waals surface area contributed by atoms with Gasteiger partial charge in [0.2, 0.25) is 11.8 Å². The lowest BCUT2D eigenvalue weighted by molar-refractivity contribution is -0.138. The fourth-order valence-electron chi connectivity index (χ4n) is 5.99. The summed E-state index contributed by atoms with van der Waals surface area (Å²) >= 11 is 0. The molecule has 34 heavy (non-hydrogen) atoms. The molecule has 6 nitrogen and oxygen atoms in total. The second-order valence-electron chi connectivity index (χ2n) is 10.2. The van der Waals surface area contributed by atoms with Crippen molar-refractivity contribution < 1.29 is 27.9 Å². The average molecular weight is 482 g/mol. The number of nitrogens with zero attached hydrogens (tertiary/aromatic N) is 1. The fourth-order valence-corrected chi connectivity index (χ4v) is 5.99. The topological polar surface area (TPSA) is 95.7 Å². The molecule has 2 amide bonds. The first-order valence-corrected chi connectivity index (χ1v) is 12.4. The Morgan fingerprint density at radius 2 is 1.59 bits per heavy atom. The molecule has 0 unspecified atom stereocenters. The maximum absolute atomic E-state index is 14.0. The highest BCUT2D eigenvalue weighted by Crippen LogP contribution is 2.40. The van der Waals surface area contributed by atoms with Crippen LogP contribution in [-0.4, -0.2) is 52.1 Å². The number of rotatable bonds is 7. The zero-order chi connectivity index (χ0) is 24.4. The molecular formula is C25H34F3N3O3. The molecule has 2 bridgehead atoms. The number of fused-ring (bicyclic) bond motifs is 2.